The van der Waals surface area contributed by atoms with Crippen LogP contribution in [0.3, 0.4) is 0 Å². The minimum absolute atomic E-state index is 0.0868. The number of carbonyl (C=O) groups excluding carboxylic acids is 1. The summed E-state index contributed by atoms with van der Waals surface area (Å²) in [6.45, 7) is 2.83. The maximum atomic E-state index is 12.9. The minimum atomic E-state index is -0.985. The molecule has 0 unspecified atom stereocenters. The number of aliphatic hydroxyl groups is 1. The van der Waals surface area contributed by atoms with Crippen LogP contribution in [0, 0.1) is 6.92 Å². The molecule has 6 nitrogen and oxygen atoms in total. The van der Waals surface area contributed by atoms with Gasteiger partial charge in [-0.05, 0) is 24.5 Å². The van der Waals surface area contributed by atoms with Gasteiger partial charge in [-0.2, -0.15) is 5.10 Å². The van der Waals surface area contributed by atoms with E-state index < -0.39 is 5.60 Å². The van der Waals surface area contributed by atoms with Gasteiger partial charge in [-0.15, -0.1) is 0 Å². The molecule has 1 aliphatic rings. The summed E-state index contributed by atoms with van der Waals surface area (Å²) in [4.78, 5) is 14.6. The van der Waals surface area contributed by atoms with Crippen LogP contribution in [0.25, 0.3) is 5.65 Å². The highest BCUT2D eigenvalue weighted by Gasteiger charge is 2.41. The first-order valence-corrected chi connectivity index (χ1v) is 8.06. The topological polar surface area (TPSA) is 62.8 Å². The Labute approximate surface area is 139 Å². The van der Waals surface area contributed by atoms with Crippen molar-refractivity contribution in [3.8, 4) is 0 Å². The molecule has 1 aromatic carbocycles. The van der Waals surface area contributed by atoms with Crippen LogP contribution in [0.1, 0.15) is 27.9 Å². The van der Waals surface area contributed by atoms with Crippen LogP contribution < -0.4 is 0 Å². The van der Waals surface area contributed by atoms with Crippen LogP contribution in [0.2, 0.25) is 0 Å². The maximum absolute atomic E-state index is 12.9. The van der Waals surface area contributed by atoms with Gasteiger partial charge >= 0.3 is 0 Å². The lowest BCUT2D eigenvalue weighted by atomic mass is 9.89. The van der Waals surface area contributed by atoms with Gasteiger partial charge in [0.25, 0.3) is 5.91 Å². The van der Waals surface area contributed by atoms with E-state index in [2.05, 4.69) is 5.10 Å². The minimum Gasteiger partial charge on any atom is -0.383 e. The molecule has 124 valence electrons. The zero-order valence-corrected chi connectivity index (χ0v) is 13.8. The van der Waals surface area contributed by atoms with Crippen molar-refractivity contribution in [3.05, 3.63) is 59.5 Å². The normalized spacial score (nSPS) is 20.9. The fraction of sp³-hybridized carbons (Fsp3) is 0.333. The lowest BCUT2D eigenvalue weighted by Gasteiger charge is -2.25. The second-order valence-electron chi connectivity index (χ2n) is 6.56. The van der Waals surface area contributed by atoms with E-state index in [1.807, 2.05) is 55.2 Å². The average molecular weight is 324 g/mol. The first-order chi connectivity index (χ1) is 11.5. The van der Waals surface area contributed by atoms with Crippen molar-refractivity contribution in [3.63, 3.8) is 0 Å². The van der Waals surface area contributed by atoms with Crippen LogP contribution in [0.15, 0.2) is 42.9 Å². The third kappa shape index (κ3) is 2.14. The van der Waals surface area contributed by atoms with Gasteiger partial charge in [0, 0.05) is 26.0 Å². The first-order valence-electron chi connectivity index (χ1n) is 8.06. The Morgan fingerprint density at radius 2 is 2.08 bits per heavy atom. The SMILES string of the molecule is Cc1ccccc1[C@]1(O)CCN(C(=O)c2cnn3ccn(C)c23)C1. The molecule has 2 aromatic heterocycles. The lowest BCUT2D eigenvalue weighted by Crippen LogP contribution is -2.34. The number of likely N-dealkylation sites (tertiary alicyclic amines) is 1. The zero-order chi connectivity index (χ0) is 16.9. The highest BCUT2D eigenvalue weighted by molar-refractivity contribution is 6.00. The van der Waals surface area contributed by atoms with E-state index in [1.54, 1.807) is 15.6 Å². The van der Waals surface area contributed by atoms with Crippen molar-refractivity contribution in [2.45, 2.75) is 18.9 Å². The number of hydrogen-bond acceptors (Lipinski definition) is 3. The predicted molar refractivity (Wildman–Crippen MR) is 89.8 cm³/mol. The molecule has 6 heteroatoms. The second-order valence-corrected chi connectivity index (χ2v) is 6.56. The van der Waals surface area contributed by atoms with E-state index in [1.165, 1.54) is 0 Å². The Hall–Kier alpha value is -2.60. The van der Waals surface area contributed by atoms with Gasteiger partial charge in [0.15, 0.2) is 0 Å². The summed E-state index contributed by atoms with van der Waals surface area (Å²) in [6.07, 6.45) is 5.83. The summed E-state index contributed by atoms with van der Waals surface area (Å²) in [5.41, 5.74) is 2.30. The van der Waals surface area contributed by atoms with Crippen molar-refractivity contribution in [1.29, 1.82) is 0 Å². The molecule has 1 fully saturated rings. The summed E-state index contributed by atoms with van der Waals surface area (Å²) >= 11 is 0. The number of carbonyl (C=O) groups is 1. The number of imidazole rings is 1. The molecule has 0 aliphatic carbocycles. The van der Waals surface area contributed by atoms with E-state index in [0.717, 1.165) is 16.8 Å². The fourth-order valence-electron chi connectivity index (χ4n) is 3.65. The maximum Gasteiger partial charge on any atom is 0.259 e. The number of fused-ring (bicyclic) bond motifs is 1. The molecule has 0 spiro atoms. The van der Waals surface area contributed by atoms with Crippen LogP contribution in [0.5, 0.6) is 0 Å². The van der Waals surface area contributed by atoms with Crippen LogP contribution in [-0.4, -0.2) is 43.2 Å². The number of benzene rings is 1. The van der Waals surface area contributed by atoms with Gasteiger partial charge in [0.2, 0.25) is 0 Å². The van der Waals surface area contributed by atoms with Gasteiger partial charge < -0.3 is 14.6 Å². The van der Waals surface area contributed by atoms with Gasteiger partial charge in [0.1, 0.15) is 16.8 Å². The molecule has 3 aromatic rings. The zero-order valence-electron chi connectivity index (χ0n) is 13.8. The molecular formula is C18H20N4O2. The fourth-order valence-corrected chi connectivity index (χ4v) is 3.65. The molecule has 3 heterocycles. The molecular weight excluding hydrogens is 304 g/mol. The number of aromatic nitrogens is 3. The number of rotatable bonds is 2. The number of aryl methyl sites for hydroxylation is 2. The van der Waals surface area contributed by atoms with E-state index in [9.17, 15) is 9.90 Å². The number of amides is 1. The molecule has 1 saturated heterocycles. The molecule has 0 bridgehead atoms. The van der Waals surface area contributed by atoms with E-state index in [0.29, 0.717) is 25.1 Å². The Bertz CT molecular complexity index is 926. The van der Waals surface area contributed by atoms with Crippen molar-refractivity contribution >= 4 is 11.6 Å². The Morgan fingerprint density at radius 1 is 1.29 bits per heavy atom. The molecule has 1 amide bonds. The standard InChI is InChI=1S/C18H20N4O2/c1-13-5-3-4-6-15(13)18(24)7-8-21(12-18)17(23)14-11-19-22-10-9-20(2)16(14)22/h3-6,9-11,24H,7-8,12H2,1-2H3/t18-/m0/s1. The number of β-amino-alcohol motifs (C(OH)–C–C–N with tert-alkyl or cyclic N) is 1. The van der Waals surface area contributed by atoms with E-state index >= 15 is 0 Å². The molecule has 1 N–H and O–H groups in total. The summed E-state index contributed by atoms with van der Waals surface area (Å²) in [5.74, 6) is -0.0868. The lowest BCUT2D eigenvalue weighted by molar-refractivity contribution is 0.0413. The predicted octanol–water partition coefficient (Wildman–Crippen LogP) is 1.71. The molecule has 4 rings (SSSR count). The number of nitrogens with zero attached hydrogens (tertiary/aromatic N) is 4. The Balaban J connectivity index is 1.64. The van der Waals surface area contributed by atoms with Gasteiger partial charge in [-0.1, -0.05) is 24.3 Å². The third-order valence-electron chi connectivity index (χ3n) is 4.95. The first kappa shape index (κ1) is 15.0. The van der Waals surface area contributed by atoms with Crippen LogP contribution in [0.4, 0.5) is 0 Å². The van der Waals surface area contributed by atoms with Crippen molar-refractivity contribution in [2.75, 3.05) is 13.1 Å². The van der Waals surface area contributed by atoms with E-state index in [-0.39, 0.29) is 5.91 Å². The number of hydrogen-bond donors (Lipinski definition) is 1. The van der Waals surface area contributed by atoms with Crippen LogP contribution in [-0.2, 0) is 12.6 Å². The van der Waals surface area contributed by atoms with Gasteiger partial charge in [0.05, 0.1) is 12.7 Å². The Morgan fingerprint density at radius 3 is 2.88 bits per heavy atom. The smallest absolute Gasteiger partial charge is 0.259 e. The summed E-state index contributed by atoms with van der Waals surface area (Å²) in [7, 11) is 1.89. The molecule has 24 heavy (non-hydrogen) atoms. The quantitative estimate of drug-likeness (QED) is 0.781. The van der Waals surface area contributed by atoms with Crippen LogP contribution >= 0.6 is 0 Å². The average Bonchev–Trinajstić information content (AvgIpc) is 3.25. The summed E-state index contributed by atoms with van der Waals surface area (Å²) in [5, 5.41) is 15.3. The second kappa shape index (κ2) is 5.21. The molecule has 0 saturated carbocycles. The highest BCUT2D eigenvalue weighted by Crippen LogP contribution is 2.34. The summed E-state index contributed by atoms with van der Waals surface area (Å²) < 4.78 is 3.57. The van der Waals surface area contributed by atoms with Gasteiger partial charge in [-0.25, -0.2) is 4.52 Å². The Kier molecular flexibility index (Phi) is 3.25. The van der Waals surface area contributed by atoms with Crippen molar-refractivity contribution < 1.29 is 9.90 Å². The highest BCUT2D eigenvalue weighted by atomic mass is 16.3. The van der Waals surface area contributed by atoms with E-state index in [4.69, 9.17) is 0 Å². The molecule has 1 aliphatic heterocycles. The molecule has 0 radical (unpaired) electrons. The largest absolute Gasteiger partial charge is 0.383 e. The molecule has 1 atom stereocenters. The summed E-state index contributed by atoms with van der Waals surface area (Å²) in [6, 6.07) is 7.82. The van der Waals surface area contributed by atoms with Crippen molar-refractivity contribution in [1.82, 2.24) is 19.1 Å². The monoisotopic (exact) mass is 324 g/mol. The van der Waals surface area contributed by atoms with Crippen molar-refractivity contribution in [2.24, 2.45) is 7.05 Å². The van der Waals surface area contributed by atoms with Gasteiger partial charge in [-0.3, -0.25) is 4.79 Å². The third-order valence-corrected chi connectivity index (χ3v) is 4.95.